The van der Waals surface area contributed by atoms with Crippen LogP contribution in [0.25, 0.3) is 0 Å². The lowest BCUT2D eigenvalue weighted by molar-refractivity contribution is -0.384. The van der Waals surface area contributed by atoms with Gasteiger partial charge >= 0.3 is 0 Å². The number of amides is 1. The molecule has 0 fully saturated rings. The summed E-state index contributed by atoms with van der Waals surface area (Å²) in [6.07, 6.45) is 0. The van der Waals surface area contributed by atoms with Gasteiger partial charge in [-0.05, 0) is 19.1 Å². The highest BCUT2D eigenvalue weighted by atomic mass is 35.5. The number of hydrogen-bond acceptors (Lipinski definition) is 4. The molecule has 0 saturated heterocycles. The van der Waals surface area contributed by atoms with Crippen molar-refractivity contribution in [1.82, 2.24) is 0 Å². The summed E-state index contributed by atoms with van der Waals surface area (Å²) < 4.78 is 0. The molecular formula is C9H10ClN3O3. The minimum atomic E-state index is -0.685. The van der Waals surface area contributed by atoms with Gasteiger partial charge in [0.05, 0.1) is 11.0 Å². The van der Waals surface area contributed by atoms with Crippen LogP contribution in [0.1, 0.15) is 6.92 Å². The molecule has 0 heterocycles. The number of hydrogen-bond donors (Lipinski definition) is 2. The van der Waals surface area contributed by atoms with Crippen LogP contribution < -0.4 is 11.1 Å². The van der Waals surface area contributed by atoms with Crippen LogP contribution in [0.5, 0.6) is 0 Å². The summed E-state index contributed by atoms with van der Waals surface area (Å²) in [5, 5.41) is 13.0. The Bertz CT molecular complexity index is 434. The predicted octanol–water partition coefficient (Wildman–Crippen LogP) is 1.53. The van der Waals surface area contributed by atoms with E-state index in [1.165, 1.54) is 25.1 Å². The maximum Gasteiger partial charge on any atom is 0.289 e. The first-order valence-electron chi connectivity index (χ1n) is 4.42. The maximum atomic E-state index is 11.2. The number of anilines is 1. The van der Waals surface area contributed by atoms with E-state index in [0.29, 0.717) is 5.69 Å². The van der Waals surface area contributed by atoms with Crippen LogP contribution in [0.2, 0.25) is 5.02 Å². The highest BCUT2D eigenvalue weighted by Crippen LogP contribution is 2.27. The van der Waals surface area contributed by atoms with Gasteiger partial charge in [0.1, 0.15) is 5.02 Å². The number of nitrogens with zero attached hydrogens (tertiary/aromatic N) is 1. The van der Waals surface area contributed by atoms with E-state index in [-0.39, 0.29) is 10.7 Å². The lowest BCUT2D eigenvalue weighted by Gasteiger charge is -2.07. The summed E-state index contributed by atoms with van der Waals surface area (Å²) in [6.45, 7) is 1.51. The van der Waals surface area contributed by atoms with Crippen LogP contribution in [0, 0.1) is 10.1 Å². The Kier molecular flexibility index (Phi) is 3.81. The Morgan fingerprint density at radius 2 is 2.25 bits per heavy atom. The fourth-order valence-corrected chi connectivity index (χ4v) is 1.17. The lowest BCUT2D eigenvalue weighted by Crippen LogP contribution is -2.32. The summed E-state index contributed by atoms with van der Waals surface area (Å²) in [5.74, 6) is -0.420. The Labute approximate surface area is 96.5 Å². The van der Waals surface area contributed by atoms with Crippen LogP contribution in [-0.2, 0) is 4.79 Å². The minimum absolute atomic E-state index is 0.0174. The topological polar surface area (TPSA) is 98.3 Å². The second-order valence-electron chi connectivity index (χ2n) is 3.20. The molecule has 0 aliphatic carbocycles. The molecule has 0 saturated carbocycles. The number of benzene rings is 1. The first kappa shape index (κ1) is 12.4. The molecule has 16 heavy (non-hydrogen) atoms. The Balaban J connectivity index is 2.95. The summed E-state index contributed by atoms with van der Waals surface area (Å²) in [6, 6.07) is 3.31. The van der Waals surface area contributed by atoms with Gasteiger partial charge in [-0.1, -0.05) is 11.6 Å². The number of rotatable bonds is 3. The van der Waals surface area contributed by atoms with Crippen LogP contribution in [-0.4, -0.2) is 16.9 Å². The van der Waals surface area contributed by atoms with E-state index in [9.17, 15) is 14.9 Å². The van der Waals surface area contributed by atoms with Crippen molar-refractivity contribution in [2.45, 2.75) is 13.0 Å². The van der Waals surface area contributed by atoms with Crippen molar-refractivity contribution >= 4 is 28.9 Å². The third-order valence-corrected chi connectivity index (χ3v) is 2.14. The predicted molar refractivity (Wildman–Crippen MR) is 60.4 cm³/mol. The van der Waals surface area contributed by atoms with Crippen molar-refractivity contribution in [2.75, 3.05) is 5.32 Å². The third-order valence-electron chi connectivity index (χ3n) is 1.82. The fourth-order valence-electron chi connectivity index (χ4n) is 0.986. The molecule has 3 N–H and O–H groups in total. The number of nitrogens with two attached hydrogens (primary N) is 1. The molecule has 0 aromatic heterocycles. The Morgan fingerprint density at radius 3 is 2.75 bits per heavy atom. The van der Waals surface area contributed by atoms with E-state index in [1.54, 1.807) is 0 Å². The molecule has 6 nitrogen and oxygen atoms in total. The zero-order chi connectivity index (χ0) is 12.3. The van der Waals surface area contributed by atoms with Gasteiger partial charge in [-0.3, -0.25) is 14.9 Å². The largest absolute Gasteiger partial charge is 0.324 e. The quantitative estimate of drug-likeness (QED) is 0.621. The molecule has 0 bridgehead atoms. The Hall–Kier alpha value is -1.66. The highest BCUT2D eigenvalue weighted by Gasteiger charge is 2.14. The molecule has 1 amide bonds. The molecule has 1 aromatic rings. The number of nitro groups is 1. The standard InChI is InChI=1S/C9H10ClN3O3/c1-5(11)9(14)12-6-2-3-7(10)8(4-6)13(15)16/h2-5H,11H2,1H3,(H,12,14)/t5-/m0/s1. The maximum absolute atomic E-state index is 11.2. The molecule has 0 unspecified atom stereocenters. The van der Waals surface area contributed by atoms with Crippen molar-refractivity contribution in [1.29, 1.82) is 0 Å². The number of carbonyl (C=O) groups is 1. The second-order valence-corrected chi connectivity index (χ2v) is 3.61. The summed E-state index contributed by atoms with van der Waals surface area (Å²) in [4.78, 5) is 21.2. The first-order chi connectivity index (χ1) is 7.41. The van der Waals surface area contributed by atoms with E-state index in [2.05, 4.69) is 5.32 Å². The molecule has 0 aliphatic heterocycles. The van der Waals surface area contributed by atoms with Gasteiger partial charge in [0, 0.05) is 11.8 Å². The number of nitro benzene ring substituents is 1. The van der Waals surface area contributed by atoms with Crippen molar-refractivity contribution < 1.29 is 9.72 Å². The van der Waals surface area contributed by atoms with Crippen LogP contribution in [0.15, 0.2) is 18.2 Å². The average Bonchev–Trinajstić information content (AvgIpc) is 2.20. The average molecular weight is 244 g/mol. The molecular weight excluding hydrogens is 234 g/mol. The molecule has 1 rings (SSSR count). The van der Waals surface area contributed by atoms with Gasteiger partial charge < -0.3 is 11.1 Å². The van der Waals surface area contributed by atoms with Gasteiger partial charge in [-0.15, -0.1) is 0 Å². The third kappa shape index (κ3) is 2.91. The van der Waals surface area contributed by atoms with Gasteiger partial charge in [-0.2, -0.15) is 0 Å². The van der Waals surface area contributed by atoms with Gasteiger partial charge in [0.2, 0.25) is 5.91 Å². The van der Waals surface area contributed by atoms with Crippen LogP contribution in [0.4, 0.5) is 11.4 Å². The first-order valence-corrected chi connectivity index (χ1v) is 4.80. The monoisotopic (exact) mass is 243 g/mol. The van der Waals surface area contributed by atoms with Gasteiger partial charge in [0.15, 0.2) is 0 Å². The van der Waals surface area contributed by atoms with E-state index < -0.39 is 16.9 Å². The lowest BCUT2D eigenvalue weighted by atomic mass is 10.2. The molecule has 7 heteroatoms. The van der Waals surface area contributed by atoms with Gasteiger partial charge in [0.25, 0.3) is 5.69 Å². The summed E-state index contributed by atoms with van der Waals surface area (Å²) >= 11 is 5.61. The molecule has 0 spiro atoms. The number of nitrogens with one attached hydrogen (secondary N) is 1. The fraction of sp³-hybridized carbons (Fsp3) is 0.222. The van der Waals surface area contributed by atoms with E-state index in [4.69, 9.17) is 17.3 Å². The molecule has 1 atom stereocenters. The van der Waals surface area contributed by atoms with E-state index in [0.717, 1.165) is 0 Å². The number of halogens is 1. The Morgan fingerprint density at radius 1 is 1.62 bits per heavy atom. The van der Waals surface area contributed by atoms with Crippen molar-refractivity contribution in [2.24, 2.45) is 5.73 Å². The van der Waals surface area contributed by atoms with Crippen LogP contribution in [0.3, 0.4) is 0 Å². The molecule has 1 aromatic carbocycles. The SMILES string of the molecule is C[C@H](N)C(=O)Nc1ccc(Cl)c([N+](=O)[O-])c1. The van der Waals surface area contributed by atoms with Gasteiger partial charge in [-0.25, -0.2) is 0 Å². The van der Waals surface area contributed by atoms with Crippen LogP contribution >= 0.6 is 11.6 Å². The zero-order valence-electron chi connectivity index (χ0n) is 8.44. The molecule has 0 radical (unpaired) electrons. The smallest absolute Gasteiger partial charge is 0.289 e. The normalized spacial score (nSPS) is 11.9. The van der Waals surface area contributed by atoms with Crippen molar-refractivity contribution in [3.63, 3.8) is 0 Å². The highest BCUT2D eigenvalue weighted by molar-refractivity contribution is 6.32. The summed E-state index contributed by atoms with van der Waals surface area (Å²) in [7, 11) is 0. The summed E-state index contributed by atoms with van der Waals surface area (Å²) in [5.41, 5.74) is 5.37. The molecule has 86 valence electrons. The zero-order valence-corrected chi connectivity index (χ0v) is 9.19. The van der Waals surface area contributed by atoms with Crippen molar-refractivity contribution in [3.05, 3.63) is 33.3 Å². The van der Waals surface area contributed by atoms with Crippen molar-refractivity contribution in [3.8, 4) is 0 Å². The van der Waals surface area contributed by atoms with E-state index in [1.807, 2.05) is 0 Å². The molecule has 0 aliphatic rings. The number of carbonyl (C=O) groups excluding carboxylic acids is 1. The minimum Gasteiger partial charge on any atom is -0.324 e. The second kappa shape index (κ2) is 4.91. The van der Waals surface area contributed by atoms with E-state index >= 15 is 0 Å².